The lowest BCUT2D eigenvalue weighted by Gasteiger charge is -2.33. The van der Waals surface area contributed by atoms with Gasteiger partial charge in [-0.25, -0.2) is 10.0 Å². The van der Waals surface area contributed by atoms with Crippen LogP contribution in [0, 0.1) is 0 Å². The van der Waals surface area contributed by atoms with E-state index in [1.807, 2.05) is 77.8 Å². The average Bonchev–Trinajstić information content (AvgIpc) is 3.60. The van der Waals surface area contributed by atoms with Gasteiger partial charge in [0.05, 0.1) is 6.61 Å². The van der Waals surface area contributed by atoms with Gasteiger partial charge in [0.1, 0.15) is 5.75 Å². The molecule has 2 heterocycles. The first-order valence-corrected chi connectivity index (χ1v) is 14.7. The van der Waals surface area contributed by atoms with Crippen LogP contribution in [-0.4, -0.2) is 53.8 Å². The van der Waals surface area contributed by atoms with E-state index in [1.165, 1.54) is 0 Å². The standard InChI is InChI=1S/C30H31Br2N3O4/c31-23-12-8-21(9-13-23)20-30(29(37)34-35-16-3-4-17-35)27(25-6-1-2-7-26(25)32)39-28(33-30)22-10-14-24(15-11-22)38-19-5-18-36/h1-2,6-15,27,36H,3-5,16-20H2,(H,34,37)/t27-,30-/m0/s1. The van der Waals surface area contributed by atoms with E-state index in [-0.39, 0.29) is 12.5 Å². The Morgan fingerprint density at radius 2 is 1.77 bits per heavy atom. The zero-order valence-electron chi connectivity index (χ0n) is 21.5. The van der Waals surface area contributed by atoms with Crippen LogP contribution in [0.2, 0.25) is 0 Å². The summed E-state index contributed by atoms with van der Waals surface area (Å²) in [5.41, 5.74) is 4.51. The highest BCUT2D eigenvalue weighted by Gasteiger charge is 2.54. The van der Waals surface area contributed by atoms with Gasteiger partial charge < -0.3 is 14.6 Å². The van der Waals surface area contributed by atoms with Gasteiger partial charge in [-0.05, 0) is 60.9 Å². The molecule has 0 unspecified atom stereocenters. The van der Waals surface area contributed by atoms with Crippen LogP contribution in [0.15, 0.2) is 86.7 Å². The Morgan fingerprint density at radius 1 is 1.05 bits per heavy atom. The second kappa shape index (κ2) is 12.6. The number of nitrogens with zero attached hydrogens (tertiary/aromatic N) is 2. The Bertz CT molecular complexity index is 1310. The van der Waals surface area contributed by atoms with Gasteiger partial charge >= 0.3 is 0 Å². The fourth-order valence-corrected chi connectivity index (χ4v) is 5.69. The molecule has 0 aromatic heterocycles. The fraction of sp³-hybridized carbons (Fsp3) is 0.333. The summed E-state index contributed by atoms with van der Waals surface area (Å²) in [7, 11) is 0. The fourth-order valence-electron chi connectivity index (χ4n) is 4.93. The number of hydrogen-bond acceptors (Lipinski definition) is 6. The second-order valence-corrected chi connectivity index (χ2v) is 11.5. The van der Waals surface area contributed by atoms with E-state index in [4.69, 9.17) is 19.6 Å². The highest BCUT2D eigenvalue weighted by atomic mass is 79.9. The molecule has 2 atom stereocenters. The highest BCUT2D eigenvalue weighted by molar-refractivity contribution is 9.10. The minimum atomic E-state index is -1.24. The number of ether oxygens (including phenoxy) is 2. The zero-order chi connectivity index (χ0) is 27.2. The van der Waals surface area contributed by atoms with Gasteiger partial charge in [-0.1, -0.05) is 62.2 Å². The first-order valence-electron chi connectivity index (χ1n) is 13.1. The summed E-state index contributed by atoms with van der Waals surface area (Å²) < 4.78 is 14.1. The van der Waals surface area contributed by atoms with Crippen molar-refractivity contribution < 1.29 is 19.4 Å². The number of rotatable bonds is 10. The summed E-state index contributed by atoms with van der Waals surface area (Å²) in [6.07, 6.45) is 2.36. The molecule has 1 saturated heterocycles. The first kappa shape index (κ1) is 27.8. The van der Waals surface area contributed by atoms with Crippen molar-refractivity contribution >= 4 is 43.7 Å². The Kier molecular flexibility index (Phi) is 9.02. The smallest absolute Gasteiger partial charge is 0.266 e. The predicted molar refractivity (Wildman–Crippen MR) is 158 cm³/mol. The molecule has 0 bridgehead atoms. The summed E-state index contributed by atoms with van der Waals surface area (Å²) in [5.74, 6) is 0.916. The maximum Gasteiger partial charge on any atom is 0.266 e. The van der Waals surface area contributed by atoms with Crippen molar-refractivity contribution in [2.45, 2.75) is 37.3 Å². The van der Waals surface area contributed by atoms with Gasteiger partial charge in [-0.3, -0.25) is 10.2 Å². The molecule has 204 valence electrons. The minimum absolute atomic E-state index is 0.0824. The van der Waals surface area contributed by atoms with Crippen LogP contribution >= 0.6 is 31.9 Å². The molecule has 0 spiro atoms. The quantitative estimate of drug-likeness (QED) is 0.278. The Balaban J connectivity index is 1.56. The van der Waals surface area contributed by atoms with Gasteiger partial charge in [0.15, 0.2) is 11.6 Å². The molecule has 9 heteroatoms. The lowest BCUT2D eigenvalue weighted by molar-refractivity contribution is -0.133. The van der Waals surface area contributed by atoms with E-state index in [2.05, 4.69) is 37.3 Å². The van der Waals surface area contributed by atoms with Crippen LogP contribution in [0.25, 0.3) is 0 Å². The first-order chi connectivity index (χ1) is 19.0. The van der Waals surface area contributed by atoms with Crippen molar-refractivity contribution in [3.63, 3.8) is 0 Å². The third kappa shape index (κ3) is 6.38. The monoisotopic (exact) mass is 655 g/mol. The third-order valence-electron chi connectivity index (χ3n) is 6.97. The molecule has 2 aliphatic heterocycles. The molecular formula is C30H31Br2N3O4. The van der Waals surface area contributed by atoms with E-state index in [9.17, 15) is 4.79 Å². The third-order valence-corrected chi connectivity index (χ3v) is 8.22. The summed E-state index contributed by atoms with van der Waals surface area (Å²) in [4.78, 5) is 19.4. The molecule has 2 N–H and O–H groups in total. The number of aliphatic imine (C=N–C) groups is 1. The Morgan fingerprint density at radius 3 is 2.46 bits per heavy atom. The van der Waals surface area contributed by atoms with Gasteiger partial charge in [0.2, 0.25) is 5.90 Å². The molecule has 0 aliphatic carbocycles. The second-order valence-electron chi connectivity index (χ2n) is 9.75. The van der Waals surface area contributed by atoms with Gasteiger partial charge in [-0.2, -0.15) is 0 Å². The molecular weight excluding hydrogens is 626 g/mol. The number of carbonyl (C=O) groups excluding carboxylic acids is 1. The molecule has 3 aromatic rings. The van der Waals surface area contributed by atoms with E-state index in [1.54, 1.807) is 0 Å². The molecule has 39 heavy (non-hydrogen) atoms. The number of aliphatic hydroxyl groups excluding tert-OH is 1. The number of nitrogens with one attached hydrogen (secondary N) is 1. The number of benzene rings is 3. The van der Waals surface area contributed by atoms with Crippen LogP contribution in [0.4, 0.5) is 0 Å². The lowest BCUT2D eigenvalue weighted by Crippen LogP contribution is -2.54. The van der Waals surface area contributed by atoms with E-state index in [0.29, 0.717) is 31.1 Å². The van der Waals surface area contributed by atoms with Crippen LogP contribution in [0.3, 0.4) is 0 Å². The Labute approximate surface area is 245 Å². The minimum Gasteiger partial charge on any atom is -0.494 e. The summed E-state index contributed by atoms with van der Waals surface area (Å²) >= 11 is 7.21. The molecule has 2 aliphatic rings. The number of aliphatic hydroxyl groups is 1. The van der Waals surface area contributed by atoms with Crippen LogP contribution in [0.1, 0.15) is 42.1 Å². The van der Waals surface area contributed by atoms with Gasteiger partial charge in [-0.15, -0.1) is 0 Å². The van der Waals surface area contributed by atoms with Crippen molar-refractivity contribution in [2.24, 2.45) is 4.99 Å². The zero-order valence-corrected chi connectivity index (χ0v) is 24.7. The van der Waals surface area contributed by atoms with Crippen molar-refractivity contribution in [1.29, 1.82) is 0 Å². The van der Waals surface area contributed by atoms with Crippen molar-refractivity contribution in [2.75, 3.05) is 26.3 Å². The van der Waals surface area contributed by atoms with Crippen LogP contribution in [0.5, 0.6) is 5.75 Å². The molecule has 1 amide bonds. The Hall–Kier alpha value is -2.72. The SMILES string of the molecule is O=C(NN1CCCC1)[C@@]1(Cc2ccc(Br)cc2)N=C(c2ccc(OCCCO)cc2)O[C@H]1c1ccccc1Br. The van der Waals surface area contributed by atoms with Crippen molar-refractivity contribution in [3.05, 3.63) is 98.4 Å². The molecule has 5 rings (SSSR count). The molecule has 3 aromatic carbocycles. The van der Waals surface area contributed by atoms with E-state index in [0.717, 1.165) is 51.6 Å². The summed E-state index contributed by atoms with van der Waals surface area (Å²) in [6.45, 7) is 2.15. The van der Waals surface area contributed by atoms with E-state index < -0.39 is 11.6 Å². The topological polar surface area (TPSA) is 83.4 Å². The summed E-state index contributed by atoms with van der Waals surface area (Å²) in [5, 5.41) is 11.0. The van der Waals surface area contributed by atoms with Crippen molar-refractivity contribution in [3.8, 4) is 5.75 Å². The lowest BCUT2D eigenvalue weighted by atomic mass is 9.82. The van der Waals surface area contributed by atoms with Gasteiger partial charge in [0, 0.05) is 52.6 Å². The van der Waals surface area contributed by atoms with Crippen molar-refractivity contribution in [1.82, 2.24) is 10.4 Å². The molecule has 1 fully saturated rings. The highest BCUT2D eigenvalue weighted by Crippen LogP contribution is 2.44. The maximum atomic E-state index is 14.3. The number of amides is 1. The molecule has 0 saturated carbocycles. The van der Waals surface area contributed by atoms with E-state index >= 15 is 0 Å². The number of halogens is 2. The predicted octanol–water partition coefficient (Wildman–Crippen LogP) is 5.60. The number of hydrogen-bond donors (Lipinski definition) is 2. The number of carbonyl (C=O) groups is 1. The molecule has 7 nitrogen and oxygen atoms in total. The van der Waals surface area contributed by atoms with Crippen LogP contribution < -0.4 is 10.2 Å². The number of hydrazine groups is 1. The van der Waals surface area contributed by atoms with Gasteiger partial charge in [0.25, 0.3) is 5.91 Å². The average molecular weight is 657 g/mol. The molecule has 0 radical (unpaired) electrons. The summed E-state index contributed by atoms with van der Waals surface area (Å²) in [6, 6.07) is 23.3. The van der Waals surface area contributed by atoms with Crippen LogP contribution in [-0.2, 0) is 16.0 Å². The maximum absolute atomic E-state index is 14.3. The largest absolute Gasteiger partial charge is 0.494 e. The normalized spacial score (nSPS) is 20.9.